The molecule has 0 aliphatic carbocycles. The third kappa shape index (κ3) is 5.26. The average Bonchev–Trinajstić information content (AvgIpc) is 2.92. The number of likely N-dealkylation sites (N-methyl/N-ethyl adjacent to an activating group) is 1. The average molecular weight is 480 g/mol. The number of benzene rings is 2. The number of fused-ring (bicyclic) bond motifs is 3. The standard InChI is InChI=1S/C25H29N5O3S/c1-17(2)12-13-26-16-34(32,33)20-10-8-19(9-11-20)28-25-27-15-18-14-23(31)30(3)22-7-5-4-6-21(22)24(18)29-25/h4-11,15,17,26H,12-14,16H2,1-3H3,(H,27,28,29). The molecule has 2 N–H and O–H groups in total. The number of carbonyl (C=O) groups excluding carboxylic acids is 1. The first-order chi connectivity index (χ1) is 16.2. The molecule has 1 aliphatic heterocycles. The Morgan fingerprint density at radius 3 is 2.56 bits per heavy atom. The Kier molecular flexibility index (Phi) is 6.95. The Morgan fingerprint density at radius 1 is 1.09 bits per heavy atom. The molecule has 0 fully saturated rings. The molecule has 1 aliphatic rings. The summed E-state index contributed by atoms with van der Waals surface area (Å²) in [6.45, 7) is 4.87. The lowest BCUT2D eigenvalue weighted by Crippen LogP contribution is -2.26. The fourth-order valence-corrected chi connectivity index (χ4v) is 4.90. The van der Waals surface area contributed by atoms with E-state index in [1.165, 1.54) is 0 Å². The van der Waals surface area contributed by atoms with Crippen molar-refractivity contribution in [3.05, 3.63) is 60.3 Å². The number of rotatable bonds is 8. The minimum Gasteiger partial charge on any atom is -0.324 e. The zero-order valence-corrected chi connectivity index (χ0v) is 20.4. The number of anilines is 3. The van der Waals surface area contributed by atoms with E-state index < -0.39 is 9.84 Å². The van der Waals surface area contributed by atoms with Crippen molar-refractivity contribution in [2.45, 2.75) is 31.6 Å². The smallest absolute Gasteiger partial charge is 0.231 e. The normalized spacial score (nSPS) is 13.4. The summed E-state index contributed by atoms with van der Waals surface area (Å²) < 4.78 is 25.1. The Labute approximate surface area is 200 Å². The molecular weight excluding hydrogens is 450 g/mol. The number of amides is 1. The van der Waals surface area contributed by atoms with Crippen molar-refractivity contribution >= 4 is 33.1 Å². The molecule has 4 rings (SSSR count). The summed E-state index contributed by atoms with van der Waals surface area (Å²) in [5, 5.41) is 6.15. The third-order valence-electron chi connectivity index (χ3n) is 5.76. The van der Waals surface area contributed by atoms with Crippen LogP contribution in [0.2, 0.25) is 0 Å². The van der Waals surface area contributed by atoms with Crippen LogP contribution in [0, 0.1) is 5.92 Å². The molecule has 0 saturated carbocycles. The minimum absolute atomic E-state index is 0.0222. The highest BCUT2D eigenvalue weighted by Crippen LogP contribution is 2.35. The molecule has 178 valence electrons. The number of para-hydroxylation sites is 1. The summed E-state index contributed by atoms with van der Waals surface area (Å²) in [5.41, 5.74) is 3.80. The summed E-state index contributed by atoms with van der Waals surface area (Å²) in [6.07, 6.45) is 2.81. The number of aromatic nitrogens is 2. The van der Waals surface area contributed by atoms with E-state index in [0.29, 0.717) is 29.8 Å². The van der Waals surface area contributed by atoms with Crippen LogP contribution in [-0.2, 0) is 21.1 Å². The highest BCUT2D eigenvalue weighted by Gasteiger charge is 2.24. The van der Waals surface area contributed by atoms with E-state index >= 15 is 0 Å². The van der Waals surface area contributed by atoms with Crippen LogP contribution >= 0.6 is 0 Å². The zero-order valence-electron chi connectivity index (χ0n) is 19.6. The molecule has 0 spiro atoms. The van der Waals surface area contributed by atoms with Crippen LogP contribution in [0.3, 0.4) is 0 Å². The van der Waals surface area contributed by atoms with Crippen LogP contribution in [0.1, 0.15) is 25.8 Å². The van der Waals surface area contributed by atoms with E-state index in [9.17, 15) is 13.2 Å². The second-order valence-electron chi connectivity index (χ2n) is 8.81. The van der Waals surface area contributed by atoms with E-state index in [2.05, 4.69) is 34.4 Å². The number of hydrogen-bond donors (Lipinski definition) is 2. The monoisotopic (exact) mass is 479 g/mol. The molecule has 0 atom stereocenters. The summed E-state index contributed by atoms with van der Waals surface area (Å²) in [4.78, 5) is 23.5. The van der Waals surface area contributed by atoms with Gasteiger partial charge in [0.15, 0.2) is 9.84 Å². The predicted octanol–water partition coefficient (Wildman–Crippen LogP) is 3.77. The summed E-state index contributed by atoms with van der Waals surface area (Å²) in [6, 6.07) is 14.2. The van der Waals surface area contributed by atoms with Gasteiger partial charge in [-0.2, -0.15) is 0 Å². The van der Waals surface area contributed by atoms with Crippen LogP contribution in [0.5, 0.6) is 0 Å². The molecular formula is C25H29N5O3S. The molecule has 0 saturated heterocycles. The lowest BCUT2D eigenvalue weighted by molar-refractivity contribution is -0.117. The molecule has 2 aromatic carbocycles. The number of carbonyl (C=O) groups is 1. The number of nitrogens with zero attached hydrogens (tertiary/aromatic N) is 3. The molecule has 8 nitrogen and oxygen atoms in total. The fourth-order valence-electron chi connectivity index (χ4n) is 3.77. The zero-order chi connectivity index (χ0) is 24.3. The van der Waals surface area contributed by atoms with Crippen molar-refractivity contribution in [3.8, 4) is 11.3 Å². The Balaban J connectivity index is 1.52. The second-order valence-corrected chi connectivity index (χ2v) is 10.8. The van der Waals surface area contributed by atoms with E-state index in [4.69, 9.17) is 0 Å². The Hall–Kier alpha value is -3.30. The quantitative estimate of drug-likeness (QED) is 0.474. The molecule has 1 amide bonds. The van der Waals surface area contributed by atoms with Gasteiger partial charge in [0.25, 0.3) is 0 Å². The Morgan fingerprint density at radius 2 is 1.82 bits per heavy atom. The molecule has 3 aromatic rings. The van der Waals surface area contributed by atoms with Crippen LogP contribution in [-0.4, -0.2) is 43.8 Å². The van der Waals surface area contributed by atoms with Gasteiger partial charge in [0, 0.05) is 30.1 Å². The molecule has 0 bridgehead atoms. The lowest BCUT2D eigenvalue weighted by atomic mass is 10.1. The van der Waals surface area contributed by atoms with Gasteiger partial charge in [-0.05, 0) is 49.2 Å². The van der Waals surface area contributed by atoms with Gasteiger partial charge in [0.2, 0.25) is 11.9 Å². The van der Waals surface area contributed by atoms with Gasteiger partial charge in [-0.15, -0.1) is 0 Å². The summed E-state index contributed by atoms with van der Waals surface area (Å²) >= 11 is 0. The summed E-state index contributed by atoms with van der Waals surface area (Å²) in [7, 11) is -1.66. The number of hydrogen-bond acceptors (Lipinski definition) is 7. The SMILES string of the molecule is CC(C)CCNCS(=O)(=O)c1ccc(Nc2ncc3c(n2)-c2ccccc2N(C)C(=O)C3)cc1. The van der Waals surface area contributed by atoms with E-state index in [0.717, 1.165) is 23.2 Å². The van der Waals surface area contributed by atoms with Crippen molar-refractivity contribution in [2.75, 3.05) is 29.7 Å². The number of nitrogens with one attached hydrogen (secondary N) is 2. The van der Waals surface area contributed by atoms with Gasteiger partial charge < -0.3 is 15.5 Å². The maximum absolute atomic E-state index is 12.6. The van der Waals surface area contributed by atoms with Gasteiger partial charge in [-0.1, -0.05) is 32.0 Å². The van der Waals surface area contributed by atoms with Crippen LogP contribution < -0.4 is 15.5 Å². The van der Waals surface area contributed by atoms with Crippen molar-refractivity contribution in [1.82, 2.24) is 15.3 Å². The summed E-state index contributed by atoms with van der Waals surface area (Å²) in [5.74, 6) is 0.778. The van der Waals surface area contributed by atoms with Crippen LogP contribution in [0.15, 0.2) is 59.6 Å². The topological polar surface area (TPSA) is 104 Å². The first-order valence-corrected chi connectivity index (χ1v) is 12.9. The van der Waals surface area contributed by atoms with Gasteiger partial charge in [0.05, 0.1) is 22.7 Å². The first-order valence-electron chi connectivity index (χ1n) is 11.3. The molecule has 0 radical (unpaired) electrons. The highest BCUT2D eigenvalue weighted by atomic mass is 32.2. The molecule has 2 heterocycles. The van der Waals surface area contributed by atoms with Crippen molar-refractivity contribution in [1.29, 1.82) is 0 Å². The van der Waals surface area contributed by atoms with Crippen LogP contribution in [0.4, 0.5) is 17.3 Å². The highest BCUT2D eigenvalue weighted by molar-refractivity contribution is 7.91. The molecule has 1 aromatic heterocycles. The van der Waals surface area contributed by atoms with E-state index in [1.54, 1.807) is 42.4 Å². The number of sulfone groups is 1. The molecule has 0 unspecified atom stereocenters. The van der Waals surface area contributed by atoms with Gasteiger partial charge in [-0.25, -0.2) is 18.4 Å². The van der Waals surface area contributed by atoms with Gasteiger partial charge in [-0.3, -0.25) is 4.79 Å². The second kappa shape index (κ2) is 9.90. The lowest BCUT2D eigenvalue weighted by Gasteiger charge is -2.16. The van der Waals surface area contributed by atoms with E-state index in [1.807, 2.05) is 24.3 Å². The maximum Gasteiger partial charge on any atom is 0.231 e. The Bertz CT molecular complexity index is 1290. The van der Waals surface area contributed by atoms with Crippen molar-refractivity contribution in [2.24, 2.45) is 5.92 Å². The van der Waals surface area contributed by atoms with E-state index in [-0.39, 0.29) is 23.1 Å². The van der Waals surface area contributed by atoms with Gasteiger partial charge in [0.1, 0.15) is 5.88 Å². The van der Waals surface area contributed by atoms with Crippen molar-refractivity contribution in [3.63, 3.8) is 0 Å². The van der Waals surface area contributed by atoms with Gasteiger partial charge >= 0.3 is 0 Å². The predicted molar refractivity (Wildman–Crippen MR) is 134 cm³/mol. The molecule has 9 heteroatoms. The maximum atomic E-state index is 12.6. The molecule has 34 heavy (non-hydrogen) atoms. The minimum atomic E-state index is -3.41. The largest absolute Gasteiger partial charge is 0.324 e. The van der Waals surface area contributed by atoms with Crippen LogP contribution in [0.25, 0.3) is 11.3 Å². The first kappa shape index (κ1) is 23.8. The fraction of sp³-hybridized carbons (Fsp3) is 0.320. The third-order valence-corrected chi connectivity index (χ3v) is 7.34. The van der Waals surface area contributed by atoms with Crippen molar-refractivity contribution < 1.29 is 13.2 Å².